The first-order chi connectivity index (χ1) is 5.89. The van der Waals surface area contributed by atoms with Gasteiger partial charge in [-0.3, -0.25) is 4.79 Å². The maximum atomic E-state index is 11.3. The van der Waals surface area contributed by atoms with Crippen molar-refractivity contribution in [1.82, 2.24) is 0 Å². The minimum atomic E-state index is -0.0854. The van der Waals surface area contributed by atoms with Crippen LogP contribution >= 0.6 is 0 Å². The lowest BCUT2D eigenvalue weighted by Gasteiger charge is -2.37. The summed E-state index contributed by atoms with van der Waals surface area (Å²) in [4.78, 5) is 11.3. The standard InChI is InChI=1S/C11H19NO/c1-10(2)7-4-5-11(10,3)8(6-7)9(12)13/h7-8H,4-6H2,1-3H3,(H2,12,13). The van der Waals surface area contributed by atoms with Gasteiger partial charge in [0.2, 0.25) is 5.91 Å². The van der Waals surface area contributed by atoms with Crippen LogP contribution in [0.3, 0.4) is 0 Å². The van der Waals surface area contributed by atoms with Gasteiger partial charge in [0.05, 0.1) is 0 Å². The van der Waals surface area contributed by atoms with Crippen molar-refractivity contribution in [2.75, 3.05) is 0 Å². The Bertz CT molecular complexity index is 259. The second kappa shape index (κ2) is 2.28. The first-order valence-electron chi connectivity index (χ1n) is 5.19. The van der Waals surface area contributed by atoms with E-state index in [9.17, 15) is 4.79 Å². The number of carbonyl (C=O) groups excluding carboxylic acids is 1. The second-order valence-corrected chi connectivity index (χ2v) is 5.57. The second-order valence-electron chi connectivity index (χ2n) is 5.57. The number of rotatable bonds is 1. The molecule has 2 saturated carbocycles. The van der Waals surface area contributed by atoms with Crippen LogP contribution in [0, 0.1) is 22.7 Å². The van der Waals surface area contributed by atoms with Crippen LogP contribution in [0.4, 0.5) is 0 Å². The average molecular weight is 181 g/mol. The lowest BCUT2D eigenvalue weighted by atomic mass is 9.66. The SMILES string of the molecule is CC1(C)C2CCC1(C)C(C(N)=O)C2. The summed E-state index contributed by atoms with van der Waals surface area (Å²) in [5, 5.41) is 0. The molecule has 0 spiro atoms. The highest BCUT2D eigenvalue weighted by Gasteiger charge is 2.62. The Balaban J connectivity index is 2.38. The summed E-state index contributed by atoms with van der Waals surface area (Å²) in [6.07, 6.45) is 3.49. The molecule has 1 amide bonds. The lowest BCUT2D eigenvalue weighted by molar-refractivity contribution is -0.126. The zero-order chi connectivity index (χ0) is 9.85. The van der Waals surface area contributed by atoms with E-state index in [4.69, 9.17) is 5.73 Å². The van der Waals surface area contributed by atoms with Crippen LogP contribution in [-0.2, 0) is 4.79 Å². The van der Waals surface area contributed by atoms with Crippen molar-refractivity contribution in [2.45, 2.75) is 40.0 Å². The molecule has 3 atom stereocenters. The summed E-state index contributed by atoms with van der Waals surface area (Å²) < 4.78 is 0. The molecule has 0 aromatic rings. The molecule has 2 aliphatic carbocycles. The zero-order valence-corrected chi connectivity index (χ0v) is 8.76. The Labute approximate surface area is 79.9 Å². The van der Waals surface area contributed by atoms with Crippen LogP contribution in [0.5, 0.6) is 0 Å². The average Bonchev–Trinajstić information content (AvgIpc) is 2.34. The van der Waals surface area contributed by atoms with Gasteiger partial charge < -0.3 is 5.73 Å². The van der Waals surface area contributed by atoms with Gasteiger partial charge in [-0.2, -0.15) is 0 Å². The fourth-order valence-corrected chi connectivity index (χ4v) is 3.63. The number of fused-ring (bicyclic) bond motifs is 2. The monoisotopic (exact) mass is 181 g/mol. The van der Waals surface area contributed by atoms with E-state index in [0.717, 1.165) is 12.3 Å². The fourth-order valence-electron chi connectivity index (χ4n) is 3.63. The number of hydrogen-bond donors (Lipinski definition) is 1. The number of nitrogens with two attached hydrogens (primary N) is 1. The van der Waals surface area contributed by atoms with E-state index in [2.05, 4.69) is 20.8 Å². The molecule has 2 N–H and O–H groups in total. The molecule has 0 aromatic carbocycles. The van der Waals surface area contributed by atoms with E-state index in [1.807, 2.05) is 0 Å². The maximum absolute atomic E-state index is 11.3. The third kappa shape index (κ3) is 0.866. The molecule has 2 aliphatic rings. The molecule has 2 nitrogen and oxygen atoms in total. The van der Waals surface area contributed by atoms with Gasteiger partial charge in [-0.15, -0.1) is 0 Å². The van der Waals surface area contributed by atoms with E-state index in [-0.39, 0.29) is 17.2 Å². The van der Waals surface area contributed by atoms with Gasteiger partial charge in [0.15, 0.2) is 0 Å². The van der Waals surface area contributed by atoms with Crippen molar-refractivity contribution in [3.8, 4) is 0 Å². The molecule has 0 aliphatic heterocycles. The number of primary amides is 1. The van der Waals surface area contributed by atoms with Crippen LogP contribution in [0.1, 0.15) is 40.0 Å². The van der Waals surface area contributed by atoms with Gasteiger partial charge >= 0.3 is 0 Å². The van der Waals surface area contributed by atoms with Crippen molar-refractivity contribution in [3.05, 3.63) is 0 Å². The molecule has 2 rings (SSSR count). The number of amides is 1. The Hall–Kier alpha value is -0.530. The fraction of sp³-hybridized carbons (Fsp3) is 0.909. The molecule has 74 valence electrons. The van der Waals surface area contributed by atoms with Crippen molar-refractivity contribution in [1.29, 1.82) is 0 Å². The molecule has 0 heterocycles. The van der Waals surface area contributed by atoms with E-state index in [1.54, 1.807) is 0 Å². The zero-order valence-electron chi connectivity index (χ0n) is 8.76. The van der Waals surface area contributed by atoms with Crippen molar-refractivity contribution in [2.24, 2.45) is 28.4 Å². The van der Waals surface area contributed by atoms with E-state index >= 15 is 0 Å². The first kappa shape index (κ1) is 9.04. The van der Waals surface area contributed by atoms with Crippen LogP contribution in [0.15, 0.2) is 0 Å². The highest BCUT2D eigenvalue weighted by Crippen LogP contribution is 2.67. The van der Waals surface area contributed by atoms with E-state index in [0.29, 0.717) is 5.41 Å². The Kier molecular flexibility index (Phi) is 1.59. The minimum Gasteiger partial charge on any atom is -0.369 e. The molecular formula is C11H19NO. The molecule has 2 heteroatoms. The number of hydrogen-bond acceptors (Lipinski definition) is 1. The summed E-state index contributed by atoms with van der Waals surface area (Å²) in [5.41, 5.74) is 5.93. The summed E-state index contributed by atoms with van der Waals surface area (Å²) in [7, 11) is 0. The topological polar surface area (TPSA) is 43.1 Å². The highest BCUT2D eigenvalue weighted by atomic mass is 16.1. The molecule has 0 aromatic heterocycles. The molecule has 0 radical (unpaired) electrons. The minimum absolute atomic E-state index is 0.0854. The summed E-state index contributed by atoms with van der Waals surface area (Å²) in [6, 6.07) is 0. The molecule has 13 heavy (non-hydrogen) atoms. The lowest BCUT2D eigenvalue weighted by Crippen LogP contribution is -2.39. The summed E-state index contributed by atoms with van der Waals surface area (Å²) in [5.74, 6) is 0.758. The predicted octanol–water partition coefficient (Wildman–Crippen LogP) is 1.93. The third-order valence-corrected chi connectivity index (χ3v) is 5.14. The quantitative estimate of drug-likeness (QED) is 0.660. The van der Waals surface area contributed by atoms with Crippen LogP contribution < -0.4 is 5.73 Å². The first-order valence-corrected chi connectivity index (χ1v) is 5.19. The molecule has 2 fully saturated rings. The van der Waals surface area contributed by atoms with Crippen molar-refractivity contribution in [3.63, 3.8) is 0 Å². The van der Waals surface area contributed by atoms with Gasteiger partial charge in [0.25, 0.3) is 0 Å². The molecular weight excluding hydrogens is 162 g/mol. The van der Waals surface area contributed by atoms with Crippen LogP contribution in [-0.4, -0.2) is 5.91 Å². The summed E-state index contributed by atoms with van der Waals surface area (Å²) in [6.45, 7) is 6.84. The van der Waals surface area contributed by atoms with Gasteiger partial charge in [-0.25, -0.2) is 0 Å². The van der Waals surface area contributed by atoms with Gasteiger partial charge in [-0.1, -0.05) is 20.8 Å². The third-order valence-electron chi connectivity index (χ3n) is 5.14. The number of carbonyl (C=O) groups is 1. The van der Waals surface area contributed by atoms with Crippen LogP contribution in [0.2, 0.25) is 0 Å². The van der Waals surface area contributed by atoms with Gasteiger partial charge in [0.1, 0.15) is 0 Å². The maximum Gasteiger partial charge on any atom is 0.221 e. The Morgan fingerprint density at radius 1 is 1.38 bits per heavy atom. The highest BCUT2D eigenvalue weighted by molar-refractivity contribution is 5.78. The summed E-state index contributed by atoms with van der Waals surface area (Å²) >= 11 is 0. The molecule has 2 bridgehead atoms. The molecule has 0 saturated heterocycles. The molecule has 3 unspecified atom stereocenters. The van der Waals surface area contributed by atoms with Gasteiger partial charge in [0, 0.05) is 5.92 Å². The van der Waals surface area contributed by atoms with E-state index in [1.165, 1.54) is 12.8 Å². The van der Waals surface area contributed by atoms with Crippen LogP contribution in [0.25, 0.3) is 0 Å². The van der Waals surface area contributed by atoms with E-state index < -0.39 is 0 Å². The Morgan fingerprint density at radius 3 is 2.23 bits per heavy atom. The Morgan fingerprint density at radius 2 is 2.00 bits per heavy atom. The predicted molar refractivity (Wildman–Crippen MR) is 51.9 cm³/mol. The normalized spacial score (nSPS) is 46.7. The van der Waals surface area contributed by atoms with Crippen molar-refractivity contribution >= 4 is 5.91 Å². The smallest absolute Gasteiger partial charge is 0.221 e. The largest absolute Gasteiger partial charge is 0.369 e. The van der Waals surface area contributed by atoms with Crippen molar-refractivity contribution < 1.29 is 4.79 Å². The van der Waals surface area contributed by atoms with Gasteiger partial charge in [-0.05, 0) is 36.0 Å².